The van der Waals surface area contributed by atoms with Crippen molar-refractivity contribution in [1.29, 1.82) is 0 Å². The minimum Gasteiger partial charge on any atom is -0.406 e. The number of imidazole rings is 1. The molecule has 2 aliphatic carbocycles. The van der Waals surface area contributed by atoms with Gasteiger partial charge in [0.15, 0.2) is 0 Å². The Labute approximate surface area is 207 Å². The average Bonchev–Trinajstić information content (AvgIpc) is 3.66. The number of piperidine rings is 1. The number of alkyl halides is 3. The molecule has 0 bridgehead atoms. The van der Waals surface area contributed by atoms with Crippen LogP contribution in [0.4, 0.5) is 13.2 Å². The molecule has 2 heterocycles. The van der Waals surface area contributed by atoms with Crippen LogP contribution in [-0.2, 0) is 18.4 Å². The first kappa shape index (κ1) is 24.6. The normalized spacial score (nSPS) is 23.3. The van der Waals surface area contributed by atoms with Crippen molar-refractivity contribution >= 4 is 11.8 Å². The molecule has 11 heteroatoms. The van der Waals surface area contributed by atoms with Crippen molar-refractivity contribution in [3.63, 3.8) is 0 Å². The van der Waals surface area contributed by atoms with Gasteiger partial charge < -0.3 is 19.1 Å². The molecule has 1 saturated heterocycles. The first-order valence-electron chi connectivity index (χ1n) is 12.2. The van der Waals surface area contributed by atoms with E-state index in [0.717, 1.165) is 25.9 Å². The Morgan fingerprint density at radius 2 is 1.92 bits per heavy atom. The van der Waals surface area contributed by atoms with E-state index in [1.54, 1.807) is 35.1 Å². The number of fused-ring (bicyclic) bond motifs is 1. The van der Waals surface area contributed by atoms with Gasteiger partial charge in [0, 0.05) is 52.5 Å². The van der Waals surface area contributed by atoms with Crippen LogP contribution in [0.2, 0.25) is 0 Å². The largest absolute Gasteiger partial charge is 0.573 e. The highest BCUT2D eigenvalue weighted by atomic mass is 19.4. The summed E-state index contributed by atoms with van der Waals surface area (Å²) in [5.41, 5.74) is 0.837. The van der Waals surface area contributed by atoms with Crippen LogP contribution in [0, 0.1) is 17.8 Å². The lowest BCUT2D eigenvalue weighted by Crippen LogP contribution is -2.40. The van der Waals surface area contributed by atoms with E-state index in [2.05, 4.69) is 14.6 Å². The molecule has 1 aromatic carbocycles. The monoisotopic (exact) mass is 505 g/mol. The molecule has 3 fully saturated rings. The van der Waals surface area contributed by atoms with E-state index in [1.807, 2.05) is 11.9 Å². The van der Waals surface area contributed by atoms with Crippen molar-refractivity contribution in [2.75, 3.05) is 33.2 Å². The van der Waals surface area contributed by atoms with Gasteiger partial charge in [0.1, 0.15) is 11.4 Å². The van der Waals surface area contributed by atoms with E-state index in [9.17, 15) is 22.8 Å². The number of nitrogens with zero attached hydrogens (tertiary/aromatic N) is 5. The highest BCUT2D eigenvalue weighted by Gasteiger charge is 2.56. The van der Waals surface area contributed by atoms with Crippen LogP contribution in [0.25, 0.3) is 0 Å². The minimum atomic E-state index is -4.78. The van der Waals surface area contributed by atoms with Crippen molar-refractivity contribution in [3.05, 3.63) is 48.0 Å². The van der Waals surface area contributed by atoms with Gasteiger partial charge in [-0.1, -0.05) is 12.1 Å². The number of likely N-dealkylation sites (N-methyl/N-ethyl adjacent to an activating group) is 1. The predicted octanol–water partition coefficient (Wildman–Crippen LogP) is 2.76. The Morgan fingerprint density at radius 3 is 2.53 bits per heavy atom. The molecule has 0 radical (unpaired) electrons. The van der Waals surface area contributed by atoms with Crippen LogP contribution < -0.4 is 4.74 Å². The number of aromatic nitrogens is 2. The number of rotatable bonds is 9. The van der Waals surface area contributed by atoms with Crippen molar-refractivity contribution in [1.82, 2.24) is 24.3 Å². The standard InChI is InChI=1S/C25H30F3N5O3/c1-30-13-22(29-15-30)24(35)33(9-16-4-3-5-18(8-16)36-25(26,27)28)12-21-19-10-32(11-20(19)21)14-23(34)31(2)17-6-7-17/h3-5,8,13,15,17,19-21H,6-7,9-12,14H2,1-2H3. The van der Waals surface area contributed by atoms with Crippen molar-refractivity contribution < 1.29 is 27.5 Å². The fraction of sp³-hybridized carbons (Fsp3) is 0.560. The first-order chi connectivity index (χ1) is 17.1. The Kier molecular flexibility index (Phi) is 6.44. The zero-order valence-corrected chi connectivity index (χ0v) is 20.3. The SMILES string of the molecule is CN(C(=O)CN1CC2C(C1)C2CN(Cc1cccc(OC(F)(F)F)c1)C(=O)c1cn(C)cn1)C1CC1. The molecule has 2 saturated carbocycles. The number of hydrogen-bond donors (Lipinski definition) is 0. The molecule has 1 aromatic heterocycles. The second-order valence-corrected chi connectivity index (χ2v) is 10.2. The molecular formula is C25H30F3N5O3. The van der Waals surface area contributed by atoms with Gasteiger partial charge in [0.2, 0.25) is 5.91 Å². The Balaban J connectivity index is 1.23. The maximum Gasteiger partial charge on any atom is 0.573 e. The maximum atomic E-state index is 13.3. The summed E-state index contributed by atoms with van der Waals surface area (Å²) in [4.78, 5) is 35.6. The zero-order chi connectivity index (χ0) is 25.6. The maximum absolute atomic E-state index is 13.3. The number of hydrogen-bond acceptors (Lipinski definition) is 5. The smallest absolute Gasteiger partial charge is 0.406 e. The quantitative estimate of drug-likeness (QED) is 0.524. The third-order valence-electron chi connectivity index (χ3n) is 7.44. The van der Waals surface area contributed by atoms with E-state index in [1.165, 1.54) is 18.2 Å². The fourth-order valence-corrected chi connectivity index (χ4v) is 5.33. The van der Waals surface area contributed by atoms with Crippen LogP contribution in [0.5, 0.6) is 5.75 Å². The summed E-state index contributed by atoms with van der Waals surface area (Å²) < 4.78 is 43.7. The number of aryl methyl sites for hydroxylation is 1. The summed E-state index contributed by atoms with van der Waals surface area (Å²) in [6.07, 6.45) is 0.564. The minimum absolute atomic E-state index is 0.148. The number of carbonyl (C=O) groups is 2. The molecule has 0 spiro atoms. The van der Waals surface area contributed by atoms with E-state index in [0.29, 0.717) is 48.1 Å². The molecule has 194 valence electrons. The van der Waals surface area contributed by atoms with Crippen molar-refractivity contribution in [3.8, 4) is 5.75 Å². The number of likely N-dealkylation sites (tertiary alicyclic amines) is 1. The second kappa shape index (κ2) is 9.42. The van der Waals surface area contributed by atoms with Crippen molar-refractivity contribution in [2.24, 2.45) is 24.8 Å². The van der Waals surface area contributed by atoms with Gasteiger partial charge in [-0.15, -0.1) is 13.2 Å². The zero-order valence-electron chi connectivity index (χ0n) is 20.3. The summed E-state index contributed by atoms with van der Waals surface area (Å²) >= 11 is 0. The Bertz CT molecular complexity index is 1120. The number of carbonyl (C=O) groups excluding carboxylic acids is 2. The molecular weight excluding hydrogens is 475 g/mol. The lowest BCUT2D eigenvalue weighted by atomic mass is 10.1. The summed E-state index contributed by atoms with van der Waals surface area (Å²) in [6.45, 7) is 2.70. The molecule has 2 atom stereocenters. The van der Waals surface area contributed by atoms with Gasteiger partial charge >= 0.3 is 6.36 Å². The molecule has 1 aliphatic heterocycles. The number of amides is 2. The molecule has 0 N–H and O–H groups in total. The number of halogens is 3. The highest BCUT2D eigenvalue weighted by molar-refractivity contribution is 5.92. The molecule has 2 unspecified atom stereocenters. The average molecular weight is 506 g/mol. The predicted molar refractivity (Wildman–Crippen MR) is 124 cm³/mol. The summed E-state index contributed by atoms with van der Waals surface area (Å²) in [5.74, 6) is 0.680. The third kappa shape index (κ3) is 5.66. The Hall–Kier alpha value is -3.08. The molecule has 36 heavy (non-hydrogen) atoms. The van der Waals surface area contributed by atoms with Gasteiger partial charge in [-0.05, 0) is 48.3 Å². The van der Waals surface area contributed by atoms with Gasteiger partial charge in [-0.25, -0.2) is 4.98 Å². The number of benzene rings is 1. The second-order valence-electron chi connectivity index (χ2n) is 10.2. The van der Waals surface area contributed by atoms with Crippen LogP contribution in [0.1, 0.15) is 28.9 Å². The van der Waals surface area contributed by atoms with Gasteiger partial charge in [-0.2, -0.15) is 0 Å². The molecule has 8 nitrogen and oxygen atoms in total. The van der Waals surface area contributed by atoms with Gasteiger partial charge in [0.05, 0.1) is 12.9 Å². The highest BCUT2D eigenvalue weighted by Crippen LogP contribution is 2.52. The van der Waals surface area contributed by atoms with Crippen LogP contribution >= 0.6 is 0 Å². The molecule has 3 aliphatic rings. The van der Waals surface area contributed by atoms with E-state index in [4.69, 9.17) is 0 Å². The lowest BCUT2D eigenvalue weighted by Gasteiger charge is -2.26. The van der Waals surface area contributed by atoms with Gasteiger partial charge in [0.25, 0.3) is 5.91 Å². The van der Waals surface area contributed by atoms with Crippen molar-refractivity contribution in [2.45, 2.75) is 31.8 Å². The molecule has 5 rings (SSSR count). The van der Waals surface area contributed by atoms with E-state index in [-0.39, 0.29) is 24.1 Å². The first-order valence-corrected chi connectivity index (χ1v) is 12.2. The lowest BCUT2D eigenvalue weighted by molar-refractivity contribution is -0.274. The third-order valence-corrected chi connectivity index (χ3v) is 7.44. The number of ether oxygens (including phenoxy) is 1. The summed E-state index contributed by atoms with van der Waals surface area (Å²) in [7, 11) is 3.64. The van der Waals surface area contributed by atoms with Crippen LogP contribution in [0.3, 0.4) is 0 Å². The summed E-state index contributed by atoms with van der Waals surface area (Å²) in [6, 6.07) is 6.11. The van der Waals surface area contributed by atoms with E-state index < -0.39 is 6.36 Å². The van der Waals surface area contributed by atoms with Crippen LogP contribution in [0.15, 0.2) is 36.8 Å². The van der Waals surface area contributed by atoms with Gasteiger partial charge in [-0.3, -0.25) is 14.5 Å². The van der Waals surface area contributed by atoms with E-state index >= 15 is 0 Å². The Morgan fingerprint density at radius 1 is 1.19 bits per heavy atom. The molecule has 2 amide bonds. The summed E-state index contributed by atoms with van der Waals surface area (Å²) in [5, 5.41) is 0. The fourth-order valence-electron chi connectivity index (χ4n) is 5.33. The molecule has 2 aromatic rings. The van der Waals surface area contributed by atoms with Crippen LogP contribution in [-0.4, -0.2) is 81.7 Å². The topological polar surface area (TPSA) is 70.9 Å².